The second kappa shape index (κ2) is 8.18. The molecule has 0 aliphatic heterocycles. The molecule has 0 aliphatic carbocycles. The van der Waals surface area contributed by atoms with Crippen LogP contribution >= 0.6 is 15.9 Å². The van der Waals surface area contributed by atoms with E-state index in [0.29, 0.717) is 21.6 Å². The summed E-state index contributed by atoms with van der Waals surface area (Å²) in [6, 6.07) is 0. The molecule has 0 bridgehead atoms. The zero-order valence-electron chi connectivity index (χ0n) is 16.0. The van der Waals surface area contributed by atoms with Gasteiger partial charge in [-0.3, -0.25) is 0 Å². The van der Waals surface area contributed by atoms with Crippen molar-refractivity contribution >= 4 is 15.9 Å². The molecule has 0 aliphatic rings. The predicted molar refractivity (Wildman–Crippen MR) is 102 cm³/mol. The number of alkyl halides is 1. The minimum absolute atomic E-state index is 0.324. The highest BCUT2D eigenvalue weighted by atomic mass is 79.9. The number of rotatable bonds is 9. The monoisotopic (exact) mass is 358 g/mol. The average Bonchev–Trinajstić information content (AvgIpc) is 2.33. The smallest absolute Gasteiger partial charge is 0.0352 e. The molecule has 0 aromatic carbocycles. The molecule has 0 saturated heterocycles. The van der Waals surface area contributed by atoms with Gasteiger partial charge in [0.05, 0.1) is 0 Å². The van der Waals surface area contributed by atoms with Crippen molar-refractivity contribution in [2.24, 2.45) is 28.6 Å². The minimum Gasteiger partial charge on any atom is -0.0987 e. The Bertz CT molecular complexity index is 323. The van der Waals surface area contributed by atoms with E-state index in [-0.39, 0.29) is 0 Å². The fourth-order valence-electron chi connectivity index (χ4n) is 2.75. The van der Waals surface area contributed by atoms with Crippen molar-refractivity contribution in [1.82, 2.24) is 0 Å². The summed E-state index contributed by atoms with van der Waals surface area (Å²) in [6.07, 6.45) is 3.56. The molecule has 0 aromatic heterocycles. The van der Waals surface area contributed by atoms with Gasteiger partial charge in [-0.2, -0.15) is 0 Å². The molecule has 0 saturated carbocycles. The standard InChI is InChI=1S/C20H39Br/c1-14(2)17(6)20(9,10)13-16(5)18(21)11-12-19(7,8)15(3)4/h14-15,17-18H,5,11-13H2,1-4,6-10H3. The lowest BCUT2D eigenvalue weighted by Crippen LogP contribution is -2.28. The SMILES string of the molecule is C=C(CC(C)(C)C(C)C(C)C)C(Br)CCC(C)(C)C(C)C. The molecule has 126 valence electrons. The first kappa shape index (κ1) is 21.2. The highest BCUT2D eigenvalue weighted by molar-refractivity contribution is 9.09. The maximum absolute atomic E-state index is 4.38. The fourth-order valence-corrected chi connectivity index (χ4v) is 3.14. The summed E-state index contributed by atoms with van der Waals surface area (Å²) < 4.78 is 0. The molecule has 1 heteroatoms. The summed E-state index contributed by atoms with van der Waals surface area (Å²) >= 11 is 3.88. The molecule has 0 aromatic rings. The van der Waals surface area contributed by atoms with Crippen LogP contribution in [0.2, 0.25) is 0 Å². The van der Waals surface area contributed by atoms with E-state index in [2.05, 4.69) is 84.8 Å². The average molecular weight is 359 g/mol. The highest BCUT2D eigenvalue weighted by Crippen LogP contribution is 2.40. The van der Waals surface area contributed by atoms with E-state index in [1.165, 1.54) is 18.4 Å². The number of hydrogen-bond donors (Lipinski definition) is 0. The first-order valence-electron chi connectivity index (χ1n) is 8.63. The third-order valence-electron chi connectivity index (χ3n) is 5.96. The molecule has 2 atom stereocenters. The molecular formula is C20H39Br. The van der Waals surface area contributed by atoms with Gasteiger partial charge < -0.3 is 0 Å². The predicted octanol–water partition coefficient (Wildman–Crippen LogP) is 7.48. The third kappa shape index (κ3) is 6.89. The maximum Gasteiger partial charge on any atom is 0.0352 e. The van der Waals surface area contributed by atoms with Gasteiger partial charge in [0, 0.05) is 4.83 Å². The van der Waals surface area contributed by atoms with E-state index in [1.807, 2.05) is 0 Å². The van der Waals surface area contributed by atoms with Crippen LogP contribution in [-0.4, -0.2) is 4.83 Å². The summed E-state index contributed by atoms with van der Waals surface area (Å²) in [5.74, 6) is 2.16. The van der Waals surface area contributed by atoms with E-state index in [1.54, 1.807) is 0 Å². The van der Waals surface area contributed by atoms with Crippen molar-refractivity contribution in [2.75, 3.05) is 0 Å². The van der Waals surface area contributed by atoms with E-state index < -0.39 is 0 Å². The van der Waals surface area contributed by atoms with Gasteiger partial charge in [0.15, 0.2) is 0 Å². The van der Waals surface area contributed by atoms with Gasteiger partial charge in [-0.1, -0.05) is 90.4 Å². The number of hydrogen-bond acceptors (Lipinski definition) is 0. The Hall–Kier alpha value is 0.220. The van der Waals surface area contributed by atoms with E-state index in [0.717, 1.165) is 18.3 Å². The van der Waals surface area contributed by atoms with Crippen LogP contribution in [0.3, 0.4) is 0 Å². The van der Waals surface area contributed by atoms with Gasteiger partial charge in [-0.05, 0) is 47.8 Å². The molecule has 0 N–H and O–H groups in total. The first-order valence-corrected chi connectivity index (χ1v) is 9.54. The summed E-state index contributed by atoms with van der Waals surface area (Å²) in [7, 11) is 0. The van der Waals surface area contributed by atoms with Crippen LogP contribution in [-0.2, 0) is 0 Å². The Balaban J connectivity index is 4.53. The van der Waals surface area contributed by atoms with Crippen LogP contribution < -0.4 is 0 Å². The largest absolute Gasteiger partial charge is 0.0987 e. The van der Waals surface area contributed by atoms with E-state index in [4.69, 9.17) is 0 Å². The molecular weight excluding hydrogens is 320 g/mol. The van der Waals surface area contributed by atoms with Crippen LogP contribution in [0.4, 0.5) is 0 Å². The van der Waals surface area contributed by atoms with Gasteiger partial charge >= 0.3 is 0 Å². The van der Waals surface area contributed by atoms with E-state index >= 15 is 0 Å². The van der Waals surface area contributed by atoms with Gasteiger partial charge in [0.1, 0.15) is 0 Å². The Morgan fingerprint density at radius 3 is 1.81 bits per heavy atom. The van der Waals surface area contributed by atoms with Gasteiger partial charge in [0.2, 0.25) is 0 Å². The van der Waals surface area contributed by atoms with Crippen molar-refractivity contribution in [1.29, 1.82) is 0 Å². The van der Waals surface area contributed by atoms with Crippen molar-refractivity contribution in [3.63, 3.8) is 0 Å². The normalized spacial score (nSPS) is 16.4. The summed E-state index contributed by atoms with van der Waals surface area (Å²) in [5, 5.41) is 0. The third-order valence-corrected chi connectivity index (χ3v) is 7.07. The topological polar surface area (TPSA) is 0 Å². The Kier molecular flexibility index (Phi) is 8.26. The molecule has 0 rings (SSSR count). The summed E-state index contributed by atoms with van der Waals surface area (Å²) in [5.41, 5.74) is 2.10. The van der Waals surface area contributed by atoms with Crippen LogP contribution in [0.15, 0.2) is 12.2 Å². The van der Waals surface area contributed by atoms with Gasteiger partial charge in [-0.15, -0.1) is 0 Å². The van der Waals surface area contributed by atoms with Crippen LogP contribution in [0.5, 0.6) is 0 Å². The lowest BCUT2D eigenvalue weighted by molar-refractivity contribution is 0.172. The Morgan fingerprint density at radius 2 is 1.43 bits per heavy atom. The number of allylic oxidation sites excluding steroid dienone is 1. The maximum atomic E-state index is 4.38. The van der Waals surface area contributed by atoms with Crippen LogP contribution in [0, 0.1) is 28.6 Å². The lowest BCUT2D eigenvalue weighted by atomic mass is 9.70. The first-order chi connectivity index (χ1) is 9.31. The molecule has 0 radical (unpaired) electrons. The van der Waals surface area contributed by atoms with Crippen molar-refractivity contribution in [3.05, 3.63) is 12.2 Å². The zero-order valence-corrected chi connectivity index (χ0v) is 17.6. The Labute approximate surface area is 143 Å². The van der Waals surface area contributed by atoms with Crippen molar-refractivity contribution < 1.29 is 0 Å². The summed E-state index contributed by atoms with van der Waals surface area (Å²) in [6.45, 7) is 25.6. The lowest BCUT2D eigenvalue weighted by Gasteiger charge is -2.37. The quantitative estimate of drug-likeness (QED) is 0.296. The molecule has 0 fully saturated rings. The van der Waals surface area contributed by atoms with Crippen molar-refractivity contribution in [2.45, 2.75) is 86.4 Å². The molecule has 0 nitrogen and oxygen atoms in total. The molecule has 2 unspecified atom stereocenters. The minimum atomic E-state index is 0.324. The molecule has 21 heavy (non-hydrogen) atoms. The molecule has 0 heterocycles. The van der Waals surface area contributed by atoms with Gasteiger partial charge in [-0.25, -0.2) is 0 Å². The second-order valence-corrected chi connectivity index (χ2v) is 10.1. The van der Waals surface area contributed by atoms with Crippen molar-refractivity contribution in [3.8, 4) is 0 Å². The fraction of sp³-hybridized carbons (Fsp3) is 0.900. The second-order valence-electron chi connectivity index (χ2n) is 9.01. The zero-order chi connectivity index (χ0) is 17.0. The van der Waals surface area contributed by atoms with Crippen LogP contribution in [0.25, 0.3) is 0 Å². The highest BCUT2D eigenvalue weighted by Gasteiger charge is 2.30. The van der Waals surface area contributed by atoms with Gasteiger partial charge in [0.25, 0.3) is 0 Å². The number of halogens is 1. The summed E-state index contributed by atoms with van der Waals surface area (Å²) in [4.78, 5) is 0.453. The Morgan fingerprint density at radius 1 is 0.952 bits per heavy atom. The van der Waals surface area contributed by atoms with Crippen LogP contribution in [0.1, 0.15) is 81.6 Å². The van der Waals surface area contributed by atoms with E-state index in [9.17, 15) is 0 Å². The molecule has 0 amide bonds. The molecule has 0 spiro atoms.